The van der Waals surface area contributed by atoms with Crippen molar-refractivity contribution in [2.45, 2.75) is 25.3 Å². The molecule has 7 nitrogen and oxygen atoms in total. The van der Waals surface area contributed by atoms with Crippen LogP contribution in [0.3, 0.4) is 0 Å². The molecular weight excluding hydrogens is 328 g/mol. The molecule has 26 heavy (non-hydrogen) atoms. The summed E-state index contributed by atoms with van der Waals surface area (Å²) in [6.07, 6.45) is 9.14. The third kappa shape index (κ3) is 3.22. The second kappa shape index (κ2) is 6.57. The van der Waals surface area contributed by atoms with E-state index in [4.69, 9.17) is 9.72 Å². The maximum atomic E-state index is 5.81. The highest BCUT2D eigenvalue weighted by molar-refractivity contribution is 5.61. The first-order valence-corrected chi connectivity index (χ1v) is 9.26. The van der Waals surface area contributed by atoms with Crippen LogP contribution in [0.5, 0.6) is 5.88 Å². The highest BCUT2D eigenvalue weighted by Gasteiger charge is 2.22. The zero-order chi connectivity index (χ0) is 17.3. The van der Waals surface area contributed by atoms with Crippen LogP contribution in [-0.4, -0.2) is 45.1 Å². The average Bonchev–Trinajstić information content (AvgIpc) is 3.18. The van der Waals surface area contributed by atoms with Gasteiger partial charge in [0.05, 0.1) is 36.6 Å². The first kappa shape index (κ1) is 15.6. The van der Waals surface area contributed by atoms with Gasteiger partial charge in [0.1, 0.15) is 5.82 Å². The Morgan fingerprint density at radius 1 is 1.19 bits per heavy atom. The number of nitrogens with one attached hydrogen (secondary N) is 2. The molecule has 1 saturated carbocycles. The van der Waals surface area contributed by atoms with E-state index >= 15 is 0 Å². The van der Waals surface area contributed by atoms with E-state index in [-0.39, 0.29) is 0 Å². The van der Waals surface area contributed by atoms with E-state index in [9.17, 15) is 0 Å². The quantitative estimate of drug-likeness (QED) is 0.711. The molecule has 5 rings (SSSR count). The molecular formula is C19H22N6O. The van der Waals surface area contributed by atoms with Gasteiger partial charge in [-0.1, -0.05) is 6.07 Å². The van der Waals surface area contributed by atoms with E-state index < -0.39 is 0 Å². The Hall–Kier alpha value is -2.67. The largest absolute Gasteiger partial charge is 0.476 e. The first-order valence-electron chi connectivity index (χ1n) is 9.26. The number of pyridine rings is 1. The molecule has 4 heterocycles. The molecule has 0 spiro atoms. The summed E-state index contributed by atoms with van der Waals surface area (Å²) in [6.45, 7) is 2.78. The second-order valence-corrected chi connectivity index (χ2v) is 7.09. The van der Waals surface area contributed by atoms with E-state index in [0.717, 1.165) is 49.0 Å². The topological polar surface area (TPSA) is 76.4 Å². The van der Waals surface area contributed by atoms with Crippen LogP contribution in [0, 0.1) is 5.92 Å². The molecule has 1 saturated heterocycles. The van der Waals surface area contributed by atoms with E-state index in [1.54, 1.807) is 6.20 Å². The molecule has 3 aromatic rings. The first-order chi connectivity index (χ1) is 12.8. The molecule has 0 radical (unpaired) electrons. The van der Waals surface area contributed by atoms with Crippen molar-refractivity contribution in [3.05, 3.63) is 36.8 Å². The number of hydrogen-bond donors (Lipinski definition) is 2. The van der Waals surface area contributed by atoms with Crippen LogP contribution in [0.4, 0.5) is 5.82 Å². The number of ether oxygens (including phenoxy) is 1. The molecule has 0 amide bonds. The summed E-state index contributed by atoms with van der Waals surface area (Å²) >= 11 is 0. The summed E-state index contributed by atoms with van der Waals surface area (Å²) in [5.41, 5.74) is 2.61. The number of rotatable bonds is 6. The molecule has 2 aliphatic rings. The van der Waals surface area contributed by atoms with Gasteiger partial charge in [0.25, 0.3) is 0 Å². The SMILES string of the molecule is c1cc(N[C@@H]2CCNC2)nc(-c2cnc3cnc(OCC4CC4)cn23)c1. The molecule has 1 atom stereocenters. The van der Waals surface area contributed by atoms with Gasteiger partial charge in [-0.15, -0.1) is 0 Å². The standard InChI is InChI=1S/C19H22N6O/c1-2-15(24-17(3-1)23-14-6-7-20-8-14)16-9-21-18-10-22-19(11-25(16)18)26-12-13-4-5-13/h1-3,9-11,13-14,20H,4-8,12H2,(H,23,24)/t14-/m1/s1. The number of anilines is 1. The molecule has 1 aliphatic heterocycles. The zero-order valence-electron chi connectivity index (χ0n) is 14.6. The Kier molecular flexibility index (Phi) is 3.93. The molecule has 134 valence electrons. The third-order valence-electron chi connectivity index (χ3n) is 4.96. The van der Waals surface area contributed by atoms with Gasteiger partial charge in [-0.25, -0.2) is 15.0 Å². The molecule has 0 unspecified atom stereocenters. The highest BCUT2D eigenvalue weighted by atomic mass is 16.5. The van der Waals surface area contributed by atoms with Crippen LogP contribution in [0.25, 0.3) is 17.0 Å². The average molecular weight is 350 g/mol. The van der Waals surface area contributed by atoms with Gasteiger partial charge >= 0.3 is 0 Å². The van der Waals surface area contributed by atoms with Gasteiger partial charge in [-0.05, 0) is 43.9 Å². The minimum absolute atomic E-state index is 0.437. The lowest BCUT2D eigenvalue weighted by atomic mass is 10.2. The van der Waals surface area contributed by atoms with Gasteiger partial charge in [-0.2, -0.15) is 0 Å². The van der Waals surface area contributed by atoms with Crippen molar-refractivity contribution < 1.29 is 4.74 Å². The Balaban J connectivity index is 1.42. The summed E-state index contributed by atoms with van der Waals surface area (Å²) in [5.74, 6) is 2.23. The Morgan fingerprint density at radius 3 is 3.00 bits per heavy atom. The van der Waals surface area contributed by atoms with Crippen molar-refractivity contribution in [1.29, 1.82) is 0 Å². The minimum Gasteiger partial charge on any atom is -0.476 e. The molecule has 2 fully saturated rings. The maximum Gasteiger partial charge on any atom is 0.230 e. The van der Waals surface area contributed by atoms with Gasteiger partial charge in [0.15, 0.2) is 5.65 Å². The monoisotopic (exact) mass is 350 g/mol. The Labute approximate surface area is 151 Å². The Bertz CT molecular complexity index is 913. The molecule has 3 aromatic heterocycles. The lowest BCUT2D eigenvalue weighted by molar-refractivity contribution is 0.287. The second-order valence-electron chi connectivity index (χ2n) is 7.09. The normalized spacial score (nSPS) is 19.8. The van der Waals surface area contributed by atoms with Crippen LogP contribution in [-0.2, 0) is 0 Å². The molecule has 2 N–H and O–H groups in total. The van der Waals surface area contributed by atoms with E-state index in [1.807, 2.05) is 35.0 Å². The van der Waals surface area contributed by atoms with Crippen LogP contribution in [0.15, 0.2) is 36.8 Å². The Morgan fingerprint density at radius 2 is 2.15 bits per heavy atom. The van der Waals surface area contributed by atoms with E-state index in [0.29, 0.717) is 17.8 Å². The molecule has 0 bridgehead atoms. The number of hydrogen-bond acceptors (Lipinski definition) is 6. The van der Waals surface area contributed by atoms with Gasteiger partial charge in [0.2, 0.25) is 5.88 Å². The fourth-order valence-electron chi connectivity index (χ4n) is 3.27. The fourth-order valence-corrected chi connectivity index (χ4v) is 3.27. The minimum atomic E-state index is 0.437. The fraction of sp³-hybridized carbons (Fsp3) is 0.421. The zero-order valence-corrected chi connectivity index (χ0v) is 14.6. The van der Waals surface area contributed by atoms with Crippen LogP contribution in [0.1, 0.15) is 19.3 Å². The third-order valence-corrected chi connectivity index (χ3v) is 4.96. The summed E-state index contributed by atoms with van der Waals surface area (Å²) in [6, 6.07) is 6.48. The summed E-state index contributed by atoms with van der Waals surface area (Å²) in [7, 11) is 0. The number of aromatic nitrogens is 4. The van der Waals surface area contributed by atoms with Crippen molar-refractivity contribution in [3.63, 3.8) is 0 Å². The number of imidazole rings is 1. The lowest BCUT2D eigenvalue weighted by Crippen LogP contribution is -2.22. The van der Waals surface area contributed by atoms with Crippen molar-refractivity contribution in [2.75, 3.05) is 25.0 Å². The predicted octanol–water partition coefficient (Wildman–Crippen LogP) is 2.35. The summed E-state index contributed by atoms with van der Waals surface area (Å²) in [4.78, 5) is 13.6. The molecule has 1 aliphatic carbocycles. The van der Waals surface area contributed by atoms with Crippen molar-refractivity contribution in [3.8, 4) is 17.3 Å². The summed E-state index contributed by atoms with van der Waals surface area (Å²) < 4.78 is 7.81. The highest BCUT2D eigenvalue weighted by Crippen LogP contribution is 2.29. The molecule has 7 heteroatoms. The van der Waals surface area contributed by atoms with E-state index in [1.165, 1.54) is 12.8 Å². The molecule has 0 aromatic carbocycles. The number of nitrogens with zero attached hydrogens (tertiary/aromatic N) is 4. The smallest absolute Gasteiger partial charge is 0.230 e. The van der Waals surface area contributed by atoms with Crippen molar-refractivity contribution in [2.24, 2.45) is 5.92 Å². The predicted molar refractivity (Wildman–Crippen MR) is 99.3 cm³/mol. The van der Waals surface area contributed by atoms with Crippen LogP contribution in [0.2, 0.25) is 0 Å². The van der Waals surface area contributed by atoms with Crippen LogP contribution >= 0.6 is 0 Å². The van der Waals surface area contributed by atoms with Crippen LogP contribution < -0.4 is 15.4 Å². The number of fused-ring (bicyclic) bond motifs is 1. The maximum absolute atomic E-state index is 5.81. The summed E-state index contributed by atoms with van der Waals surface area (Å²) in [5, 5.41) is 6.87. The van der Waals surface area contributed by atoms with Gasteiger partial charge < -0.3 is 15.4 Å². The van der Waals surface area contributed by atoms with Gasteiger partial charge in [0, 0.05) is 12.6 Å². The van der Waals surface area contributed by atoms with Crippen molar-refractivity contribution >= 4 is 11.5 Å². The van der Waals surface area contributed by atoms with E-state index in [2.05, 4.69) is 20.6 Å². The van der Waals surface area contributed by atoms with Crippen molar-refractivity contribution in [1.82, 2.24) is 24.7 Å². The van der Waals surface area contributed by atoms with Gasteiger partial charge in [-0.3, -0.25) is 4.40 Å². The lowest BCUT2D eigenvalue weighted by Gasteiger charge is -2.12.